The van der Waals surface area contributed by atoms with Gasteiger partial charge in [0.2, 0.25) is 0 Å². The van der Waals surface area contributed by atoms with Gasteiger partial charge in [0.25, 0.3) is 5.91 Å². The van der Waals surface area contributed by atoms with E-state index in [4.69, 9.17) is 26.9 Å². The van der Waals surface area contributed by atoms with Crippen LogP contribution in [0.2, 0.25) is 5.02 Å². The number of aliphatic carboxylic acids is 2. The van der Waals surface area contributed by atoms with Gasteiger partial charge >= 0.3 is 17.9 Å². The fourth-order valence-electron chi connectivity index (χ4n) is 2.52. The van der Waals surface area contributed by atoms with E-state index in [-0.39, 0.29) is 12.1 Å². The summed E-state index contributed by atoms with van der Waals surface area (Å²) < 4.78 is 0.667. The standard InChI is InChI=1S/C17H16ClN3O7/c18-11-4-2-1-3-9(11)5-10(6-14(22)23)19-16(26)12-7-13(17(27)28)21(20-12)8-15(24)25/h1-4,7,10H,5-6,8H2,(H,19,26)(H,22,23)(H,24,25)(H,27,28)/t10-/m1/s1. The summed E-state index contributed by atoms with van der Waals surface area (Å²) in [5, 5.41) is 33.6. The number of carboxylic acid groups (broad SMARTS) is 3. The van der Waals surface area contributed by atoms with Crippen molar-refractivity contribution in [1.29, 1.82) is 0 Å². The largest absolute Gasteiger partial charge is 0.481 e. The molecule has 4 N–H and O–H groups in total. The molecule has 0 fully saturated rings. The Morgan fingerprint density at radius 3 is 2.36 bits per heavy atom. The van der Waals surface area contributed by atoms with Gasteiger partial charge in [0, 0.05) is 17.1 Å². The van der Waals surface area contributed by atoms with Gasteiger partial charge in [-0.3, -0.25) is 14.4 Å². The third-order valence-corrected chi connectivity index (χ3v) is 4.07. The predicted octanol–water partition coefficient (Wildman–Crippen LogP) is 1.14. The van der Waals surface area contributed by atoms with Crippen LogP contribution in [-0.2, 0) is 22.6 Å². The highest BCUT2D eigenvalue weighted by Crippen LogP contribution is 2.18. The van der Waals surface area contributed by atoms with Gasteiger partial charge < -0.3 is 20.6 Å². The summed E-state index contributed by atoms with van der Waals surface area (Å²) in [6, 6.07) is 6.82. The number of nitrogens with one attached hydrogen (secondary N) is 1. The number of rotatable bonds is 9. The molecule has 2 aromatic rings. The van der Waals surface area contributed by atoms with Gasteiger partial charge in [-0.25, -0.2) is 9.48 Å². The lowest BCUT2D eigenvalue weighted by Crippen LogP contribution is -2.38. The number of halogens is 1. The zero-order valence-corrected chi connectivity index (χ0v) is 15.1. The number of amides is 1. The zero-order valence-electron chi connectivity index (χ0n) is 14.3. The number of carbonyl (C=O) groups is 4. The maximum Gasteiger partial charge on any atom is 0.354 e. The number of benzene rings is 1. The Bertz CT molecular complexity index is 925. The minimum atomic E-state index is -1.45. The average Bonchev–Trinajstić information content (AvgIpc) is 2.99. The first-order valence-corrected chi connectivity index (χ1v) is 8.34. The number of aromatic carboxylic acids is 1. The molecule has 1 amide bonds. The topological polar surface area (TPSA) is 159 Å². The molecule has 1 aromatic heterocycles. The van der Waals surface area contributed by atoms with Crippen molar-refractivity contribution in [3.05, 3.63) is 52.3 Å². The molecule has 0 bridgehead atoms. The van der Waals surface area contributed by atoms with E-state index in [1.807, 2.05) is 0 Å². The average molecular weight is 410 g/mol. The Morgan fingerprint density at radius 2 is 1.79 bits per heavy atom. The van der Waals surface area contributed by atoms with Crippen LogP contribution in [0, 0.1) is 0 Å². The van der Waals surface area contributed by atoms with Crippen LogP contribution in [0.15, 0.2) is 30.3 Å². The minimum Gasteiger partial charge on any atom is -0.481 e. The number of hydrogen-bond donors (Lipinski definition) is 4. The summed E-state index contributed by atoms with van der Waals surface area (Å²) in [5.41, 5.74) is -0.194. The highest BCUT2D eigenvalue weighted by Gasteiger charge is 2.23. The van der Waals surface area contributed by atoms with Gasteiger partial charge in [-0.2, -0.15) is 5.10 Å². The second-order valence-corrected chi connectivity index (χ2v) is 6.24. The normalized spacial score (nSPS) is 11.6. The lowest BCUT2D eigenvalue weighted by Gasteiger charge is -2.17. The van der Waals surface area contributed by atoms with Gasteiger partial charge in [-0.1, -0.05) is 29.8 Å². The molecule has 1 atom stereocenters. The van der Waals surface area contributed by atoms with Crippen molar-refractivity contribution >= 4 is 35.4 Å². The second-order valence-electron chi connectivity index (χ2n) is 5.84. The van der Waals surface area contributed by atoms with E-state index in [0.717, 1.165) is 6.07 Å². The van der Waals surface area contributed by atoms with Crippen molar-refractivity contribution in [3.8, 4) is 0 Å². The molecular formula is C17H16ClN3O7. The first-order valence-electron chi connectivity index (χ1n) is 7.96. The lowest BCUT2D eigenvalue weighted by atomic mass is 10.0. The third-order valence-electron chi connectivity index (χ3n) is 3.70. The van der Waals surface area contributed by atoms with Crippen LogP contribution in [0.3, 0.4) is 0 Å². The molecule has 0 radical (unpaired) electrons. The van der Waals surface area contributed by atoms with E-state index < -0.39 is 48.5 Å². The number of aromatic nitrogens is 2. The van der Waals surface area contributed by atoms with Crippen LogP contribution in [0.1, 0.15) is 33.0 Å². The summed E-state index contributed by atoms with van der Waals surface area (Å²) >= 11 is 6.07. The summed E-state index contributed by atoms with van der Waals surface area (Å²) in [7, 11) is 0. The predicted molar refractivity (Wildman–Crippen MR) is 95.5 cm³/mol. The maximum absolute atomic E-state index is 12.4. The fourth-order valence-corrected chi connectivity index (χ4v) is 2.74. The van der Waals surface area contributed by atoms with Gasteiger partial charge in [0.15, 0.2) is 5.69 Å². The van der Waals surface area contributed by atoms with Crippen LogP contribution < -0.4 is 5.32 Å². The number of carbonyl (C=O) groups excluding carboxylic acids is 1. The Morgan fingerprint density at radius 1 is 1.11 bits per heavy atom. The molecule has 1 heterocycles. The molecule has 28 heavy (non-hydrogen) atoms. The van der Waals surface area contributed by atoms with Crippen LogP contribution in [0.25, 0.3) is 0 Å². The molecule has 0 aliphatic rings. The van der Waals surface area contributed by atoms with E-state index in [1.165, 1.54) is 0 Å². The first-order chi connectivity index (χ1) is 13.2. The highest BCUT2D eigenvalue weighted by atomic mass is 35.5. The van der Waals surface area contributed by atoms with Gasteiger partial charge in [-0.05, 0) is 18.1 Å². The van der Waals surface area contributed by atoms with Gasteiger partial charge in [-0.15, -0.1) is 0 Å². The molecular weight excluding hydrogens is 394 g/mol. The van der Waals surface area contributed by atoms with Crippen molar-refractivity contribution < 1.29 is 34.5 Å². The number of hydrogen-bond acceptors (Lipinski definition) is 5. The monoisotopic (exact) mass is 409 g/mol. The van der Waals surface area contributed by atoms with Crippen LogP contribution in [0.5, 0.6) is 0 Å². The quantitative estimate of drug-likeness (QED) is 0.479. The molecule has 0 aliphatic heterocycles. The Kier molecular flexibility index (Phi) is 6.72. The highest BCUT2D eigenvalue weighted by molar-refractivity contribution is 6.31. The van der Waals surface area contributed by atoms with Crippen molar-refractivity contribution in [3.63, 3.8) is 0 Å². The van der Waals surface area contributed by atoms with E-state index in [0.29, 0.717) is 15.3 Å². The van der Waals surface area contributed by atoms with Gasteiger partial charge in [0.05, 0.1) is 6.42 Å². The summed E-state index contributed by atoms with van der Waals surface area (Å²) in [6.45, 7) is -0.743. The second kappa shape index (κ2) is 9.00. The van der Waals surface area contributed by atoms with E-state index in [1.54, 1.807) is 24.3 Å². The first kappa shape index (κ1) is 20.9. The summed E-state index contributed by atoms with van der Waals surface area (Å²) in [4.78, 5) is 45.6. The molecule has 0 aliphatic carbocycles. The van der Waals surface area contributed by atoms with Crippen molar-refractivity contribution in [2.75, 3.05) is 0 Å². The summed E-state index contributed by atoms with van der Waals surface area (Å²) in [5.74, 6) is -4.77. The van der Waals surface area contributed by atoms with Crippen LogP contribution >= 0.6 is 11.6 Å². The zero-order chi connectivity index (χ0) is 20.8. The Balaban J connectivity index is 2.23. The maximum atomic E-state index is 12.4. The van der Waals surface area contributed by atoms with Crippen molar-refractivity contribution in [1.82, 2.24) is 15.1 Å². The van der Waals surface area contributed by atoms with E-state index in [9.17, 15) is 19.2 Å². The molecule has 1 aromatic carbocycles. The Labute approximate surface area is 163 Å². The molecule has 2 rings (SSSR count). The summed E-state index contributed by atoms with van der Waals surface area (Å²) in [6.07, 6.45) is -0.280. The van der Waals surface area contributed by atoms with Crippen LogP contribution in [0.4, 0.5) is 0 Å². The smallest absolute Gasteiger partial charge is 0.354 e. The molecule has 11 heteroatoms. The van der Waals surface area contributed by atoms with Crippen molar-refractivity contribution in [2.24, 2.45) is 0 Å². The van der Waals surface area contributed by atoms with Crippen LogP contribution in [-0.4, -0.2) is 55.0 Å². The molecule has 10 nitrogen and oxygen atoms in total. The molecule has 0 saturated carbocycles. The van der Waals surface area contributed by atoms with E-state index >= 15 is 0 Å². The third kappa shape index (κ3) is 5.55. The van der Waals surface area contributed by atoms with E-state index in [2.05, 4.69) is 10.4 Å². The molecule has 0 spiro atoms. The molecule has 0 saturated heterocycles. The number of carboxylic acids is 3. The molecule has 148 valence electrons. The molecule has 0 unspecified atom stereocenters. The lowest BCUT2D eigenvalue weighted by molar-refractivity contribution is -0.138. The SMILES string of the molecule is O=C(O)C[C@@H](Cc1ccccc1Cl)NC(=O)c1cc(C(=O)O)n(CC(=O)O)n1. The van der Waals surface area contributed by atoms with Crippen molar-refractivity contribution in [2.45, 2.75) is 25.4 Å². The fraction of sp³-hybridized carbons (Fsp3) is 0.235. The number of nitrogens with zero attached hydrogens (tertiary/aromatic N) is 2. The Hall–Kier alpha value is -3.40. The minimum absolute atomic E-state index is 0.124. The van der Waals surface area contributed by atoms with Gasteiger partial charge in [0.1, 0.15) is 12.2 Å².